The van der Waals surface area contributed by atoms with Crippen LogP contribution in [-0.2, 0) is 17.6 Å². The van der Waals surface area contributed by atoms with E-state index < -0.39 is 0 Å². The summed E-state index contributed by atoms with van der Waals surface area (Å²) < 4.78 is 15.5. The number of hydrogen-bond acceptors (Lipinski definition) is 4. The number of hydrogen-bond donors (Lipinski definition) is 1. The predicted molar refractivity (Wildman–Crippen MR) is 107 cm³/mol. The lowest BCUT2D eigenvalue weighted by Crippen LogP contribution is -2.37. The number of nitrogens with zero attached hydrogens (tertiary/aromatic N) is 3. The molecule has 0 saturated carbocycles. The van der Waals surface area contributed by atoms with Gasteiger partial charge in [-0.05, 0) is 43.4 Å². The molecule has 1 aromatic carbocycles. The summed E-state index contributed by atoms with van der Waals surface area (Å²) in [4.78, 5) is 17.0. The number of halogens is 1. The second-order valence-corrected chi connectivity index (χ2v) is 9.20. The molecule has 0 aliphatic heterocycles. The highest BCUT2D eigenvalue weighted by atomic mass is 32.1. The molecule has 5 nitrogen and oxygen atoms in total. The molecule has 0 radical (unpaired) electrons. The molecule has 1 N–H and O–H groups in total. The van der Waals surface area contributed by atoms with Crippen LogP contribution in [0.5, 0.6) is 0 Å². The van der Waals surface area contributed by atoms with Gasteiger partial charge in [0.05, 0.1) is 40.7 Å². The van der Waals surface area contributed by atoms with E-state index in [-0.39, 0.29) is 29.6 Å². The molecule has 28 heavy (non-hydrogen) atoms. The quantitative estimate of drug-likeness (QED) is 0.718. The number of benzene rings is 1. The van der Waals surface area contributed by atoms with E-state index in [4.69, 9.17) is 0 Å². The van der Waals surface area contributed by atoms with E-state index in [1.807, 2.05) is 18.4 Å². The molecular formula is C21H23FN4OS. The minimum atomic E-state index is -0.291. The number of carbonyl (C=O) groups excluding carboxylic acids is 1. The van der Waals surface area contributed by atoms with Gasteiger partial charge in [-0.3, -0.25) is 4.79 Å². The van der Waals surface area contributed by atoms with Gasteiger partial charge in [0, 0.05) is 10.9 Å². The second-order valence-electron chi connectivity index (χ2n) is 8.14. The van der Waals surface area contributed by atoms with Gasteiger partial charge < -0.3 is 5.32 Å². The van der Waals surface area contributed by atoms with Crippen LogP contribution in [0, 0.1) is 18.2 Å². The number of nitrogens with one attached hydrogen (secondary N) is 1. The fraction of sp³-hybridized carbons (Fsp3) is 0.381. The highest BCUT2D eigenvalue weighted by Gasteiger charge is 2.36. The van der Waals surface area contributed by atoms with E-state index in [0.717, 1.165) is 34.8 Å². The van der Waals surface area contributed by atoms with Crippen LogP contribution in [-0.4, -0.2) is 20.7 Å². The monoisotopic (exact) mass is 398 g/mol. The predicted octanol–water partition coefficient (Wildman–Crippen LogP) is 4.15. The summed E-state index contributed by atoms with van der Waals surface area (Å²) in [7, 11) is 0. The highest BCUT2D eigenvalue weighted by Crippen LogP contribution is 2.41. The normalized spacial score (nSPS) is 17.9. The number of amides is 1. The van der Waals surface area contributed by atoms with Crippen molar-refractivity contribution >= 4 is 17.2 Å². The lowest BCUT2D eigenvalue weighted by atomic mass is 9.74. The Kier molecular flexibility index (Phi) is 4.79. The van der Waals surface area contributed by atoms with Gasteiger partial charge in [0.2, 0.25) is 5.91 Å². The summed E-state index contributed by atoms with van der Waals surface area (Å²) in [6.07, 6.45) is 3.72. The van der Waals surface area contributed by atoms with E-state index in [2.05, 4.69) is 29.2 Å². The van der Waals surface area contributed by atoms with Gasteiger partial charge in [0.25, 0.3) is 0 Å². The lowest BCUT2D eigenvalue weighted by molar-refractivity contribution is -0.121. The zero-order valence-electron chi connectivity index (χ0n) is 16.2. The number of rotatable bonds is 4. The van der Waals surface area contributed by atoms with Crippen LogP contribution >= 0.6 is 11.3 Å². The van der Waals surface area contributed by atoms with Gasteiger partial charge in [-0.25, -0.2) is 14.1 Å². The molecule has 1 atom stereocenters. The molecule has 0 fully saturated rings. The molecule has 3 aromatic rings. The first-order valence-corrected chi connectivity index (χ1v) is 10.2. The standard InChI is InChI=1S/C21H23FN4OS/c1-13-24-15(12-28-13)8-20(27)25-18-9-21(2,3)10-19-17(18)11-23-26(19)16-6-4-5-14(22)7-16/h4-7,11-12,18H,8-10H2,1-3H3,(H,25,27)/t18-/m1/s1. The van der Waals surface area contributed by atoms with Crippen LogP contribution < -0.4 is 5.32 Å². The van der Waals surface area contributed by atoms with Crippen molar-refractivity contribution < 1.29 is 9.18 Å². The van der Waals surface area contributed by atoms with Crippen molar-refractivity contribution in [2.24, 2.45) is 5.41 Å². The third-order valence-corrected chi connectivity index (χ3v) is 5.90. The van der Waals surface area contributed by atoms with Crippen LogP contribution in [0.2, 0.25) is 0 Å². The molecule has 0 saturated heterocycles. The molecule has 2 aromatic heterocycles. The fourth-order valence-electron chi connectivity index (χ4n) is 3.90. The summed E-state index contributed by atoms with van der Waals surface area (Å²) in [5.41, 5.74) is 3.52. The van der Waals surface area contributed by atoms with Crippen LogP contribution in [0.25, 0.3) is 5.69 Å². The summed E-state index contributed by atoms with van der Waals surface area (Å²) in [5.74, 6) is -0.335. The Bertz CT molecular complexity index is 1020. The summed E-state index contributed by atoms with van der Waals surface area (Å²) >= 11 is 1.55. The summed E-state index contributed by atoms with van der Waals surface area (Å²) in [6.45, 7) is 6.30. The maximum atomic E-state index is 13.7. The van der Waals surface area contributed by atoms with E-state index in [9.17, 15) is 9.18 Å². The SMILES string of the molecule is Cc1nc(CC(=O)N[C@@H]2CC(C)(C)Cc3c2cnn3-c2cccc(F)c2)cs1. The number of fused-ring (bicyclic) bond motifs is 1. The first-order valence-electron chi connectivity index (χ1n) is 9.34. The number of carbonyl (C=O) groups is 1. The van der Waals surface area contributed by atoms with Gasteiger partial charge in [-0.15, -0.1) is 11.3 Å². The molecule has 146 valence electrons. The van der Waals surface area contributed by atoms with Crippen LogP contribution in [0.3, 0.4) is 0 Å². The zero-order chi connectivity index (χ0) is 19.9. The van der Waals surface area contributed by atoms with Gasteiger partial charge in [0.15, 0.2) is 0 Å². The van der Waals surface area contributed by atoms with Crippen LogP contribution in [0.4, 0.5) is 4.39 Å². The Balaban J connectivity index is 1.61. The smallest absolute Gasteiger partial charge is 0.226 e. The van der Waals surface area contributed by atoms with Crippen molar-refractivity contribution in [1.29, 1.82) is 0 Å². The van der Waals surface area contributed by atoms with Crippen LogP contribution in [0.15, 0.2) is 35.8 Å². The molecule has 7 heteroatoms. The second kappa shape index (κ2) is 7.13. The fourth-order valence-corrected chi connectivity index (χ4v) is 4.51. The maximum absolute atomic E-state index is 13.7. The molecule has 4 rings (SSSR count). The first kappa shape index (κ1) is 18.8. The molecule has 1 aliphatic carbocycles. The Labute approximate surface area is 167 Å². The minimum absolute atomic E-state index is 0.00667. The Morgan fingerprint density at radius 3 is 2.96 bits per heavy atom. The van der Waals surface area contributed by atoms with E-state index in [1.54, 1.807) is 28.3 Å². The van der Waals surface area contributed by atoms with E-state index in [0.29, 0.717) is 5.69 Å². The minimum Gasteiger partial charge on any atom is -0.349 e. The van der Waals surface area contributed by atoms with Gasteiger partial charge >= 0.3 is 0 Å². The molecule has 1 aliphatic rings. The first-order chi connectivity index (χ1) is 13.3. The summed E-state index contributed by atoms with van der Waals surface area (Å²) in [6, 6.07) is 6.31. The largest absolute Gasteiger partial charge is 0.349 e. The maximum Gasteiger partial charge on any atom is 0.226 e. The van der Waals surface area contributed by atoms with Crippen molar-refractivity contribution in [3.63, 3.8) is 0 Å². The van der Waals surface area contributed by atoms with Crippen molar-refractivity contribution in [1.82, 2.24) is 20.1 Å². The molecular weight excluding hydrogens is 375 g/mol. The third-order valence-electron chi connectivity index (χ3n) is 5.08. The number of thiazole rings is 1. The molecule has 1 amide bonds. The molecule has 0 unspecified atom stereocenters. The Hall–Kier alpha value is -2.54. The number of aryl methyl sites for hydroxylation is 1. The van der Waals surface area contributed by atoms with Gasteiger partial charge in [-0.2, -0.15) is 5.10 Å². The van der Waals surface area contributed by atoms with Crippen molar-refractivity contribution in [3.05, 3.63) is 63.6 Å². The lowest BCUT2D eigenvalue weighted by Gasteiger charge is -2.36. The molecule has 0 spiro atoms. The van der Waals surface area contributed by atoms with E-state index >= 15 is 0 Å². The van der Waals surface area contributed by atoms with Crippen molar-refractivity contribution in [2.45, 2.75) is 46.1 Å². The zero-order valence-corrected chi connectivity index (χ0v) is 17.0. The van der Waals surface area contributed by atoms with Crippen molar-refractivity contribution in [3.8, 4) is 5.69 Å². The van der Waals surface area contributed by atoms with Gasteiger partial charge in [0.1, 0.15) is 5.82 Å². The molecule has 2 heterocycles. The third kappa shape index (κ3) is 3.85. The average molecular weight is 399 g/mol. The van der Waals surface area contributed by atoms with E-state index in [1.165, 1.54) is 12.1 Å². The Morgan fingerprint density at radius 1 is 1.43 bits per heavy atom. The van der Waals surface area contributed by atoms with Crippen molar-refractivity contribution in [2.75, 3.05) is 0 Å². The van der Waals surface area contributed by atoms with Gasteiger partial charge in [-0.1, -0.05) is 19.9 Å². The summed E-state index contributed by atoms with van der Waals surface area (Å²) in [5, 5.41) is 10.6. The average Bonchev–Trinajstić information content (AvgIpc) is 3.20. The van der Waals surface area contributed by atoms with Crippen LogP contribution in [0.1, 0.15) is 48.3 Å². The molecule has 0 bridgehead atoms. The number of aromatic nitrogens is 3. The topological polar surface area (TPSA) is 59.8 Å². The Morgan fingerprint density at radius 2 is 2.25 bits per heavy atom. The highest BCUT2D eigenvalue weighted by molar-refractivity contribution is 7.09.